The molecular weight excluding hydrogens is 408 g/mol. The Labute approximate surface area is 182 Å². The largest absolute Gasteiger partial charge is 0.465 e. The van der Waals surface area contributed by atoms with Crippen molar-refractivity contribution >= 4 is 34.0 Å². The number of H-pyrrole nitrogens is 2. The Balaban J connectivity index is 1.79. The molecule has 2 aromatic heterocycles. The molecule has 5 aromatic rings. The van der Waals surface area contributed by atoms with Crippen LogP contribution in [0.1, 0.15) is 20.7 Å². The van der Waals surface area contributed by atoms with E-state index in [2.05, 4.69) is 19.9 Å². The predicted octanol–water partition coefficient (Wildman–Crippen LogP) is 4.35. The molecule has 0 unspecified atom stereocenters. The molecule has 0 bridgehead atoms. The number of aromatic amines is 2. The van der Waals surface area contributed by atoms with Crippen molar-refractivity contribution in [1.82, 2.24) is 19.9 Å². The molecule has 0 fully saturated rings. The van der Waals surface area contributed by atoms with Crippen LogP contribution in [0.5, 0.6) is 0 Å². The van der Waals surface area contributed by atoms with Crippen LogP contribution in [-0.2, 0) is 9.47 Å². The first kappa shape index (κ1) is 19.5. The third-order valence-electron chi connectivity index (χ3n) is 5.26. The third kappa shape index (κ3) is 3.18. The van der Waals surface area contributed by atoms with Crippen LogP contribution in [0.4, 0.5) is 0 Å². The van der Waals surface area contributed by atoms with Crippen LogP contribution < -0.4 is 0 Å². The van der Waals surface area contributed by atoms with Gasteiger partial charge in [0.2, 0.25) is 0 Å². The van der Waals surface area contributed by atoms with Gasteiger partial charge in [-0.15, -0.1) is 0 Å². The number of nitrogens with one attached hydrogen (secondary N) is 2. The molecule has 0 aliphatic carbocycles. The second kappa shape index (κ2) is 7.66. The molecule has 0 atom stereocenters. The number of carbonyl (C=O) groups is 2. The van der Waals surface area contributed by atoms with Crippen molar-refractivity contribution in [3.63, 3.8) is 0 Å². The second-order valence-electron chi connectivity index (χ2n) is 7.13. The first-order valence-electron chi connectivity index (χ1n) is 9.84. The molecule has 3 aromatic carbocycles. The maximum atomic E-state index is 12.7. The van der Waals surface area contributed by atoms with Crippen molar-refractivity contribution in [3.05, 3.63) is 71.8 Å². The maximum absolute atomic E-state index is 12.7. The Kier molecular flexibility index (Phi) is 4.67. The van der Waals surface area contributed by atoms with E-state index in [1.54, 1.807) is 12.1 Å². The lowest BCUT2D eigenvalue weighted by molar-refractivity contribution is 0.0588. The molecule has 0 saturated heterocycles. The molecule has 0 saturated carbocycles. The normalized spacial score (nSPS) is 11.1. The van der Waals surface area contributed by atoms with Gasteiger partial charge in [-0.2, -0.15) is 0 Å². The smallest absolute Gasteiger partial charge is 0.338 e. The van der Waals surface area contributed by atoms with Gasteiger partial charge >= 0.3 is 11.9 Å². The number of rotatable bonds is 4. The highest BCUT2D eigenvalue weighted by atomic mass is 16.5. The number of esters is 2. The Morgan fingerprint density at radius 1 is 0.688 bits per heavy atom. The fourth-order valence-electron chi connectivity index (χ4n) is 3.71. The van der Waals surface area contributed by atoms with Crippen molar-refractivity contribution < 1.29 is 19.1 Å². The number of hydrogen-bond donors (Lipinski definition) is 2. The molecule has 2 N–H and O–H groups in total. The molecule has 0 spiro atoms. The average molecular weight is 426 g/mol. The summed E-state index contributed by atoms with van der Waals surface area (Å²) in [5.41, 5.74) is 4.42. The van der Waals surface area contributed by atoms with Gasteiger partial charge in [0.1, 0.15) is 11.6 Å². The van der Waals surface area contributed by atoms with Gasteiger partial charge in [-0.3, -0.25) is 0 Å². The molecule has 0 aliphatic rings. The van der Waals surface area contributed by atoms with Gasteiger partial charge in [0.05, 0.1) is 47.4 Å². The minimum Gasteiger partial charge on any atom is -0.465 e. The molecule has 2 heterocycles. The Morgan fingerprint density at radius 3 is 1.47 bits per heavy atom. The van der Waals surface area contributed by atoms with Crippen LogP contribution in [0.25, 0.3) is 44.8 Å². The van der Waals surface area contributed by atoms with E-state index >= 15 is 0 Å². The van der Waals surface area contributed by atoms with Gasteiger partial charge in [-0.1, -0.05) is 24.3 Å². The fourth-order valence-corrected chi connectivity index (χ4v) is 3.71. The van der Waals surface area contributed by atoms with Crippen molar-refractivity contribution in [2.75, 3.05) is 14.2 Å². The quantitative estimate of drug-likeness (QED) is 0.414. The van der Waals surface area contributed by atoms with E-state index in [1.165, 1.54) is 14.2 Å². The number of methoxy groups -OCH3 is 2. The van der Waals surface area contributed by atoms with Crippen LogP contribution in [0.15, 0.2) is 60.7 Å². The van der Waals surface area contributed by atoms with E-state index in [0.717, 1.165) is 22.1 Å². The molecule has 158 valence electrons. The highest BCUT2D eigenvalue weighted by Gasteiger charge is 2.25. The van der Waals surface area contributed by atoms with E-state index in [9.17, 15) is 9.59 Å². The number of carbonyl (C=O) groups excluding carboxylic acids is 2. The zero-order chi connectivity index (χ0) is 22.2. The summed E-state index contributed by atoms with van der Waals surface area (Å²) in [6, 6.07) is 18.2. The third-order valence-corrected chi connectivity index (χ3v) is 5.26. The van der Waals surface area contributed by atoms with Gasteiger partial charge in [-0.05, 0) is 36.4 Å². The van der Waals surface area contributed by atoms with E-state index in [0.29, 0.717) is 22.8 Å². The van der Waals surface area contributed by atoms with Crippen molar-refractivity contribution in [2.24, 2.45) is 0 Å². The fraction of sp³-hybridized carbons (Fsp3) is 0.0833. The Hall–Kier alpha value is -4.46. The molecule has 0 aliphatic heterocycles. The first-order valence-corrected chi connectivity index (χ1v) is 9.84. The van der Waals surface area contributed by atoms with E-state index in [-0.39, 0.29) is 11.1 Å². The van der Waals surface area contributed by atoms with Gasteiger partial charge in [0.25, 0.3) is 0 Å². The van der Waals surface area contributed by atoms with Crippen LogP contribution in [0, 0.1) is 0 Å². The topological polar surface area (TPSA) is 110 Å². The number of imidazole rings is 2. The van der Waals surface area contributed by atoms with Crippen LogP contribution in [0.3, 0.4) is 0 Å². The lowest BCUT2D eigenvalue weighted by Crippen LogP contribution is -2.10. The van der Waals surface area contributed by atoms with Gasteiger partial charge < -0.3 is 19.4 Å². The van der Waals surface area contributed by atoms with Crippen LogP contribution >= 0.6 is 0 Å². The lowest BCUT2D eigenvalue weighted by atomic mass is 9.97. The summed E-state index contributed by atoms with van der Waals surface area (Å²) in [6.45, 7) is 0. The summed E-state index contributed by atoms with van der Waals surface area (Å²) in [7, 11) is 2.61. The Morgan fingerprint density at radius 2 is 1.09 bits per heavy atom. The standard InChI is InChI=1S/C24H18N4O4/c1-31-23(29)15-11-14(22-27-19-9-5-6-10-20(19)28-22)16(24(30)32-2)12-13(15)21-25-17-7-3-4-8-18(17)26-21/h3-12H,1-2H3,(H,25,26)(H,27,28). The summed E-state index contributed by atoms with van der Waals surface area (Å²) in [6.07, 6.45) is 0. The van der Waals surface area contributed by atoms with E-state index in [1.807, 2.05) is 48.5 Å². The van der Waals surface area contributed by atoms with Gasteiger partial charge in [-0.25, -0.2) is 19.6 Å². The van der Waals surface area contributed by atoms with Crippen LogP contribution in [-0.4, -0.2) is 46.1 Å². The van der Waals surface area contributed by atoms with Gasteiger partial charge in [0.15, 0.2) is 0 Å². The Bertz CT molecular complexity index is 1320. The monoisotopic (exact) mass is 426 g/mol. The molecule has 5 rings (SSSR count). The molecule has 0 radical (unpaired) electrons. The molecule has 8 heteroatoms. The molecular formula is C24H18N4O4. The second-order valence-corrected chi connectivity index (χ2v) is 7.13. The van der Waals surface area contributed by atoms with Crippen molar-refractivity contribution in [3.8, 4) is 22.8 Å². The maximum Gasteiger partial charge on any atom is 0.338 e. The predicted molar refractivity (Wildman–Crippen MR) is 119 cm³/mol. The summed E-state index contributed by atoms with van der Waals surface area (Å²) in [5.74, 6) is -0.246. The summed E-state index contributed by atoms with van der Waals surface area (Å²) >= 11 is 0. The average Bonchev–Trinajstić information content (AvgIpc) is 3.46. The summed E-state index contributed by atoms with van der Waals surface area (Å²) < 4.78 is 10.0. The highest BCUT2D eigenvalue weighted by molar-refractivity contribution is 6.05. The SMILES string of the molecule is COC(=O)c1cc(-c2nc3ccccc3[nH]2)c(C(=O)OC)cc1-c1nc2ccccc2[nH]1. The number of aromatic nitrogens is 4. The lowest BCUT2D eigenvalue weighted by Gasteiger charge is -2.12. The number of fused-ring (bicyclic) bond motifs is 2. The number of nitrogens with zero attached hydrogens (tertiary/aromatic N) is 2. The van der Waals surface area contributed by atoms with Crippen LogP contribution in [0.2, 0.25) is 0 Å². The minimum absolute atomic E-state index is 0.245. The first-order chi connectivity index (χ1) is 15.6. The van der Waals surface area contributed by atoms with E-state index < -0.39 is 11.9 Å². The highest BCUT2D eigenvalue weighted by Crippen LogP contribution is 2.33. The van der Waals surface area contributed by atoms with Gasteiger partial charge in [0, 0.05) is 11.1 Å². The molecule has 32 heavy (non-hydrogen) atoms. The van der Waals surface area contributed by atoms with Crippen molar-refractivity contribution in [1.29, 1.82) is 0 Å². The summed E-state index contributed by atoms with van der Waals surface area (Å²) in [5, 5.41) is 0. The molecule has 8 nitrogen and oxygen atoms in total. The number of ether oxygens (including phenoxy) is 2. The molecule has 0 amide bonds. The van der Waals surface area contributed by atoms with E-state index in [4.69, 9.17) is 9.47 Å². The zero-order valence-corrected chi connectivity index (χ0v) is 17.3. The number of hydrogen-bond acceptors (Lipinski definition) is 6. The number of benzene rings is 3. The summed E-state index contributed by atoms with van der Waals surface area (Å²) in [4.78, 5) is 41.0. The number of para-hydroxylation sites is 4. The zero-order valence-electron chi connectivity index (χ0n) is 17.3. The van der Waals surface area contributed by atoms with Crippen molar-refractivity contribution in [2.45, 2.75) is 0 Å². The minimum atomic E-state index is -0.561.